The molecule has 0 unspecified atom stereocenters. The van der Waals surface area contributed by atoms with Crippen molar-refractivity contribution in [3.05, 3.63) is 29.5 Å². The average Bonchev–Trinajstić information content (AvgIpc) is 3.27. The number of amides is 1. The summed E-state index contributed by atoms with van der Waals surface area (Å²) in [5, 5.41) is 7.99. The fourth-order valence-electron chi connectivity index (χ4n) is 6.67. The van der Waals surface area contributed by atoms with Crippen molar-refractivity contribution in [3.63, 3.8) is 0 Å². The lowest BCUT2D eigenvalue weighted by Crippen LogP contribution is -2.55. The van der Waals surface area contributed by atoms with Gasteiger partial charge >= 0.3 is 0 Å². The van der Waals surface area contributed by atoms with Crippen LogP contribution in [0.1, 0.15) is 48.2 Å². The molecule has 29 heavy (non-hydrogen) atoms. The Balaban J connectivity index is 1.27. The molecule has 1 aromatic carbocycles. The largest absolute Gasteiger partial charge is 0.454 e. The molecule has 4 aliphatic carbocycles. The predicted molar refractivity (Wildman–Crippen MR) is 108 cm³/mol. The van der Waals surface area contributed by atoms with Crippen LogP contribution < -0.4 is 14.8 Å². The van der Waals surface area contributed by atoms with E-state index >= 15 is 0 Å². The summed E-state index contributed by atoms with van der Waals surface area (Å²) in [5.74, 6) is 4.60. The van der Waals surface area contributed by atoms with Crippen molar-refractivity contribution in [2.45, 2.75) is 45.1 Å². The molecule has 4 fully saturated rings. The Morgan fingerprint density at radius 3 is 2.48 bits per heavy atom. The van der Waals surface area contributed by atoms with Gasteiger partial charge in [-0.25, -0.2) is 0 Å². The molecule has 1 aliphatic heterocycles. The second-order valence-corrected chi connectivity index (χ2v) is 9.44. The number of aryl methyl sites for hydroxylation is 1. The third-order valence-corrected chi connectivity index (χ3v) is 7.67. The molecule has 7 rings (SSSR count). The summed E-state index contributed by atoms with van der Waals surface area (Å²) in [7, 11) is 1.90. The van der Waals surface area contributed by atoms with Gasteiger partial charge in [-0.3, -0.25) is 9.48 Å². The van der Waals surface area contributed by atoms with Crippen LogP contribution in [0.4, 0.5) is 0 Å². The number of nitrogens with one attached hydrogen (secondary N) is 1. The van der Waals surface area contributed by atoms with Gasteiger partial charge in [0.25, 0.3) is 5.91 Å². The standard InChI is InChI=1S/C23H27N3O3/c1-12-20(23(27)24-21-16-6-13-5-14(8-16)9-17(21)7-13)25-26(2)22(12)15-3-4-18-19(10-15)29-11-28-18/h3-4,10,13-14,16-17,21H,5-9,11H2,1-2H3,(H,24,27). The van der Waals surface area contributed by atoms with Gasteiger partial charge in [0.05, 0.1) is 5.69 Å². The number of carbonyl (C=O) groups is 1. The Labute approximate surface area is 170 Å². The van der Waals surface area contributed by atoms with Crippen molar-refractivity contribution >= 4 is 5.91 Å². The van der Waals surface area contributed by atoms with Crippen molar-refractivity contribution in [3.8, 4) is 22.8 Å². The van der Waals surface area contributed by atoms with E-state index in [4.69, 9.17) is 9.47 Å². The number of fused-ring (bicyclic) bond motifs is 1. The molecule has 4 bridgehead atoms. The van der Waals surface area contributed by atoms with Crippen LogP contribution in [-0.4, -0.2) is 28.5 Å². The number of ether oxygens (including phenoxy) is 2. The van der Waals surface area contributed by atoms with Gasteiger partial charge in [-0.15, -0.1) is 0 Å². The SMILES string of the molecule is Cc1c(C(=O)NC2C3CC4CC(C3)CC2C4)nn(C)c1-c1ccc2c(c1)OCO2. The third kappa shape index (κ3) is 2.68. The lowest BCUT2D eigenvalue weighted by Gasteiger charge is -2.54. The molecule has 4 saturated carbocycles. The van der Waals surface area contributed by atoms with Crippen LogP contribution in [0.3, 0.4) is 0 Å². The summed E-state index contributed by atoms with van der Waals surface area (Å²) >= 11 is 0. The molecule has 0 spiro atoms. The van der Waals surface area contributed by atoms with Crippen LogP contribution in [0.5, 0.6) is 11.5 Å². The fourth-order valence-corrected chi connectivity index (χ4v) is 6.67. The maximum Gasteiger partial charge on any atom is 0.272 e. The number of benzene rings is 1. The Morgan fingerprint density at radius 2 is 1.76 bits per heavy atom. The smallest absolute Gasteiger partial charge is 0.272 e. The summed E-state index contributed by atoms with van der Waals surface area (Å²) < 4.78 is 12.7. The van der Waals surface area contributed by atoms with Crippen LogP contribution in [0.25, 0.3) is 11.3 Å². The van der Waals surface area contributed by atoms with Crippen molar-refractivity contribution in [2.75, 3.05) is 6.79 Å². The maximum atomic E-state index is 13.2. The molecular formula is C23H27N3O3. The van der Waals surface area contributed by atoms with Crippen molar-refractivity contribution in [1.82, 2.24) is 15.1 Å². The molecule has 1 N–H and O–H groups in total. The second kappa shape index (κ2) is 6.25. The molecule has 6 heteroatoms. The van der Waals surface area contributed by atoms with Gasteiger partial charge in [0.1, 0.15) is 0 Å². The Hall–Kier alpha value is -2.50. The zero-order valence-corrected chi connectivity index (χ0v) is 17.0. The molecular weight excluding hydrogens is 366 g/mol. The van der Waals surface area contributed by atoms with Crippen LogP contribution in [0.15, 0.2) is 18.2 Å². The normalized spacial score (nSPS) is 31.3. The number of carbonyl (C=O) groups excluding carboxylic acids is 1. The van der Waals surface area contributed by atoms with E-state index in [0.29, 0.717) is 23.6 Å². The lowest BCUT2D eigenvalue weighted by atomic mass is 9.54. The molecule has 0 saturated heterocycles. The molecule has 2 heterocycles. The van der Waals surface area contributed by atoms with Crippen LogP contribution in [0, 0.1) is 30.6 Å². The minimum absolute atomic E-state index is 0.0254. The van der Waals surface area contributed by atoms with E-state index in [0.717, 1.165) is 40.2 Å². The van der Waals surface area contributed by atoms with E-state index in [1.807, 2.05) is 32.2 Å². The number of hydrogen-bond donors (Lipinski definition) is 1. The highest BCUT2D eigenvalue weighted by molar-refractivity contribution is 5.95. The summed E-state index contributed by atoms with van der Waals surface area (Å²) in [6.07, 6.45) is 6.60. The van der Waals surface area contributed by atoms with Gasteiger partial charge in [-0.2, -0.15) is 5.10 Å². The maximum absolute atomic E-state index is 13.2. The van der Waals surface area contributed by atoms with Crippen molar-refractivity contribution in [2.24, 2.45) is 30.7 Å². The quantitative estimate of drug-likeness (QED) is 0.864. The van der Waals surface area contributed by atoms with E-state index in [2.05, 4.69) is 10.4 Å². The third-order valence-electron chi connectivity index (χ3n) is 7.67. The number of hydrogen-bond acceptors (Lipinski definition) is 4. The monoisotopic (exact) mass is 393 g/mol. The van der Waals surface area contributed by atoms with Crippen molar-refractivity contribution in [1.29, 1.82) is 0 Å². The van der Waals surface area contributed by atoms with Gasteiger partial charge in [0, 0.05) is 24.2 Å². The van der Waals surface area contributed by atoms with Gasteiger partial charge in [-0.05, 0) is 80.9 Å². The highest BCUT2D eigenvalue weighted by Gasteiger charge is 2.48. The lowest BCUT2D eigenvalue weighted by molar-refractivity contribution is -0.0120. The van der Waals surface area contributed by atoms with Crippen LogP contribution in [-0.2, 0) is 7.05 Å². The van der Waals surface area contributed by atoms with Crippen molar-refractivity contribution < 1.29 is 14.3 Å². The first kappa shape index (κ1) is 17.4. The minimum atomic E-state index is -0.0254. The molecule has 0 radical (unpaired) electrons. The molecule has 1 aromatic heterocycles. The van der Waals surface area contributed by atoms with Gasteiger partial charge in [0.2, 0.25) is 6.79 Å². The first-order valence-corrected chi connectivity index (χ1v) is 10.8. The Bertz CT molecular complexity index is 967. The number of nitrogens with zero attached hydrogens (tertiary/aromatic N) is 2. The fraction of sp³-hybridized carbons (Fsp3) is 0.565. The molecule has 6 nitrogen and oxygen atoms in total. The topological polar surface area (TPSA) is 65.4 Å². The molecule has 1 amide bonds. The zero-order chi connectivity index (χ0) is 19.7. The van der Waals surface area contributed by atoms with E-state index in [1.165, 1.54) is 32.1 Å². The minimum Gasteiger partial charge on any atom is -0.454 e. The Kier molecular flexibility index (Phi) is 3.74. The van der Waals surface area contributed by atoms with Gasteiger partial charge < -0.3 is 14.8 Å². The first-order chi connectivity index (χ1) is 14.1. The number of aromatic nitrogens is 2. The van der Waals surface area contributed by atoms with Gasteiger partial charge in [-0.1, -0.05) is 0 Å². The second-order valence-electron chi connectivity index (χ2n) is 9.44. The van der Waals surface area contributed by atoms with E-state index in [9.17, 15) is 4.79 Å². The van der Waals surface area contributed by atoms with Crippen LogP contribution in [0.2, 0.25) is 0 Å². The van der Waals surface area contributed by atoms with E-state index in [1.54, 1.807) is 4.68 Å². The van der Waals surface area contributed by atoms with Crippen LogP contribution >= 0.6 is 0 Å². The molecule has 5 aliphatic rings. The zero-order valence-electron chi connectivity index (χ0n) is 17.0. The Morgan fingerprint density at radius 1 is 1.07 bits per heavy atom. The molecule has 0 atom stereocenters. The summed E-state index contributed by atoms with van der Waals surface area (Å²) in [6.45, 7) is 2.24. The summed E-state index contributed by atoms with van der Waals surface area (Å²) in [5.41, 5.74) is 3.37. The highest BCUT2D eigenvalue weighted by atomic mass is 16.7. The highest BCUT2D eigenvalue weighted by Crippen LogP contribution is 2.53. The average molecular weight is 393 g/mol. The first-order valence-electron chi connectivity index (χ1n) is 10.8. The molecule has 2 aromatic rings. The summed E-state index contributed by atoms with van der Waals surface area (Å²) in [4.78, 5) is 13.2. The predicted octanol–water partition coefficient (Wildman–Crippen LogP) is 3.68. The number of rotatable bonds is 3. The van der Waals surface area contributed by atoms with E-state index < -0.39 is 0 Å². The van der Waals surface area contributed by atoms with E-state index in [-0.39, 0.29) is 12.7 Å². The summed E-state index contributed by atoms with van der Waals surface area (Å²) in [6, 6.07) is 6.20. The van der Waals surface area contributed by atoms with Gasteiger partial charge in [0.15, 0.2) is 17.2 Å². The molecule has 152 valence electrons.